The Morgan fingerprint density at radius 3 is 2.06 bits per heavy atom. The van der Waals surface area contributed by atoms with E-state index in [2.05, 4.69) is 6.92 Å². The van der Waals surface area contributed by atoms with Gasteiger partial charge in [0.25, 0.3) is 0 Å². The average Bonchev–Trinajstić information content (AvgIpc) is 2.71. The summed E-state index contributed by atoms with van der Waals surface area (Å²) >= 11 is 0. The Morgan fingerprint density at radius 1 is 0.839 bits per heavy atom. The van der Waals surface area contributed by atoms with Crippen LogP contribution in [0.5, 0.6) is 0 Å². The van der Waals surface area contributed by atoms with Crippen molar-refractivity contribution in [1.82, 2.24) is 0 Å². The van der Waals surface area contributed by atoms with Crippen molar-refractivity contribution in [3.63, 3.8) is 0 Å². The number of hydrogen-bond acceptors (Lipinski definition) is 5. The van der Waals surface area contributed by atoms with Crippen LogP contribution in [0.2, 0.25) is 0 Å². The molecule has 5 heteroatoms. The van der Waals surface area contributed by atoms with Gasteiger partial charge in [0.05, 0.1) is 17.8 Å². The van der Waals surface area contributed by atoms with Gasteiger partial charge in [0.15, 0.2) is 5.78 Å². The summed E-state index contributed by atoms with van der Waals surface area (Å²) in [6, 6.07) is 6.79. The molecular formula is C26H42O5. The first kappa shape index (κ1) is 27.3. The van der Waals surface area contributed by atoms with E-state index < -0.39 is 17.2 Å². The predicted molar refractivity (Wildman–Crippen MR) is 125 cm³/mol. The van der Waals surface area contributed by atoms with Gasteiger partial charge in [-0.2, -0.15) is 0 Å². The number of rotatable bonds is 16. The van der Waals surface area contributed by atoms with Gasteiger partial charge in [-0.05, 0) is 53.0 Å². The van der Waals surface area contributed by atoms with Gasteiger partial charge in [0.1, 0.15) is 5.60 Å². The minimum absolute atomic E-state index is 0.206. The van der Waals surface area contributed by atoms with E-state index in [9.17, 15) is 14.7 Å². The molecule has 176 valence electrons. The van der Waals surface area contributed by atoms with Gasteiger partial charge in [-0.1, -0.05) is 63.6 Å². The number of ketones is 1. The summed E-state index contributed by atoms with van der Waals surface area (Å²) in [6.45, 7) is 10.1. The predicted octanol–water partition coefficient (Wildman–Crippen LogP) is 6.12. The molecule has 1 N–H and O–H groups in total. The number of hydrogen-bond donors (Lipinski definition) is 1. The van der Waals surface area contributed by atoms with E-state index in [0.717, 1.165) is 57.8 Å². The Balaban J connectivity index is 2.55. The molecule has 0 aliphatic heterocycles. The zero-order chi connectivity index (χ0) is 23.3. The van der Waals surface area contributed by atoms with Crippen LogP contribution in [0.4, 0.5) is 0 Å². The Kier molecular flexibility index (Phi) is 12.0. The lowest BCUT2D eigenvalue weighted by Crippen LogP contribution is -2.36. The van der Waals surface area contributed by atoms with Gasteiger partial charge in [0.2, 0.25) is 0 Å². The summed E-state index contributed by atoms with van der Waals surface area (Å²) in [6.07, 6.45) is 8.71. The van der Waals surface area contributed by atoms with Crippen LogP contribution in [-0.4, -0.2) is 41.3 Å². The molecule has 0 aliphatic carbocycles. The van der Waals surface area contributed by atoms with Crippen LogP contribution in [0.25, 0.3) is 0 Å². The van der Waals surface area contributed by atoms with Gasteiger partial charge >= 0.3 is 5.97 Å². The maximum atomic E-state index is 13.1. The number of esters is 1. The number of Topliss-reactive ketones (excluding diaryl/α,β-unsaturated/α-hetero) is 1. The first-order valence-corrected chi connectivity index (χ1v) is 11.8. The van der Waals surface area contributed by atoms with E-state index in [1.807, 2.05) is 13.8 Å². The van der Waals surface area contributed by atoms with E-state index in [4.69, 9.17) is 9.47 Å². The number of ether oxygens (including phenoxy) is 2. The van der Waals surface area contributed by atoms with E-state index in [1.165, 1.54) is 0 Å². The molecule has 0 atom stereocenters. The first-order valence-electron chi connectivity index (χ1n) is 11.8. The van der Waals surface area contributed by atoms with Crippen molar-refractivity contribution in [2.75, 3.05) is 13.2 Å². The van der Waals surface area contributed by atoms with Crippen molar-refractivity contribution in [2.45, 2.75) is 104 Å². The molecule has 1 aromatic rings. The van der Waals surface area contributed by atoms with Crippen LogP contribution < -0.4 is 0 Å². The van der Waals surface area contributed by atoms with E-state index in [1.54, 1.807) is 38.1 Å². The molecule has 1 rings (SSSR count). The second kappa shape index (κ2) is 13.6. The topological polar surface area (TPSA) is 72.8 Å². The molecule has 1 aromatic carbocycles. The summed E-state index contributed by atoms with van der Waals surface area (Å²) in [5.74, 6) is -0.679. The van der Waals surface area contributed by atoms with E-state index >= 15 is 0 Å². The summed E-state index contributed by atoms with van der Waals surface area (Å²) in [5.41, 5.74) is -0.993. The van der Waals surface area contributed by atoms with Crippen LogP contribution in [0.1, 0.15) is 113 Å². The molecule has 0 heterocycles. The smallest absolute Gasteiger partial charge is 0.338 e. The lowest BCUT2D eigenvalue weighted by Gasteiger charge is -2.25. The average molecular weight is 435 g/mol. The normalized spacial score (nSPS) is 12.1. The van der Waals surface area contributed by atoms with E-state index in [0.29, 0.717) is 18.8 Å². The maximum absolute atomic E-state index is 13.1. The minimum atomic E-state index is -0.997. The Morgan fingerprint density at radius 2 is 1.42 bits per heavy atom. The summed E-state index contributed by atoms with van der Waals surface area (Å²) in [4.78, 5) is 25.7. The summed E-state index contributed by atoms with van der Waals surface area (Å²) < 4.78 is 11.3. The maximum Gasteiger partial charge on any atom is 0.338 e. The SMILES string of the molecule is CCCCCCOC(C)(C)C(=O)c1ccccc1C(=O)OCCCCCCC(C)(C)O. The molecule has 0 amide bonds. The van der Waals surface area contributed by atoms with Gasteiger partial charge in [-0.3, -0.25) is 4.79 Å². The van der Waals surface area contributed by atoms with E-state index in [-0.39, 0.29) is 11.3 Å². The lowest BCUT2D eigenvalue weighted by atomic mass is 9.93. The van der Waals surface area contributed by atoms with Crippen molar-refractivity contribution >= 4 is 11.8 Å². The Hall–Kier alpha value is -1.72. The Labute approximate surface area is 188 Å². The number of carbonyl (C=O) groups is 2. The molecule has 0 unspecified atom stereocenters. The molecule has 0 aliphatic rings. The van der Waals surface area contributed by atoms with Crippen LogP contribution >= 0.6 is 0 Å². The van der Waals surface area contributed by atoms with Crippen LogP contribution in [-0.2, 0) is 9.47 Å². The molecule has 0 aromatic heterocycles. The number of aliphatic hydroxyl groups is 1. The van der Waals surface area contributed by atoms with Gasteiger partial charge in [-0.25, -0.2) is 4.79 Å². The van der Waals surface area contributed by atoms with Crippen molar-refractivity contribution in [1.29, 1.82) is 0 Å². The molecule has 5 nitrogen and oxygen atoms in total. The van der Waals surface area contributed by atoms with Crippen LogP contribution in [0.3, 0.4) is 0 Å². The molecule has 0 spiro atoms. The third-order valence-corrected chi connectivity index (χ3v) is 5.32. The Bertz CT molecular complexity index is 673. The zero-order valence-electron chi connectivity index (χ0n) is 20.2. The third-order valence-electron chi connectivity index (χ3n) is 5.32. The molecule has 0 saturated heterocycles. The third kappa shape index (κ3) is 10.9. The fourth-order valence-electron chi connectivity index (χ4n) is 3.36. The second-order valence-corrected chi connectivity index (χ2v) is 9.41. The second-order valence-electron chi connectivity index (χ2n) is 9.41. The standard InChI is InChI=1S/C26H42O5/c1-6-7-8-15-20-31-26(4,5)23(27)21-16-11-12-17-22(21)24(28)30-19-14-10-9-13-18-25(2,3)29/h11-12,16-17,29H,6-10,13-15,18-20H2,1-5H3. The van der Waals surface area contributed by atoms with Gasteiger partial charge in [-0.15, -0.1) is 0 Å². The monoisotopic (exact) mass is 434 g/mol. The summed E-state index contributed by atoms with van der Waals surface area (Å²) in [7, 11) is 0. The molecule has 31 heavy (non-hydrogen) atoms. The van der Waals surface area contributed by atoms with Crippen molar-refractivity contribution in [3.05, 3.63) is 35.4 Å². The van der Waals surface area contributed by atoms with Crippen molar-refractivity contribution in [3.8, 4) is 0 Å². The molecular weight excluding hydrogens is 392 g/mol. The summed E-state index contributed by atoms with van der Waals surface area (Å²) in [5, 5.41) is 9.72. The number of unbranched alkanes of at least 4 members (excludes halogenated alkanes) is 6. The number of benzene rings is 1. The largest absolute Gasteiger partial charge is 0.462 e. The van der Waals surface area contributed by atoms with Crippen molar-refractivity contribution in [2.24, 2.45) is 0 Å². The molecule has 0 saturated carbocycles. The zero-order valence-corrected chi connectivity index (χ0v) is 20.2. The van der Waals surface area contributed by atoms with Crippen LogP contribution in [0.15, 0.2) is 24.3 Å². The minimum Gasteiger partial charge on any atom is -0.462 e. The molecule has 0 fully saturated rings. The highest BCUT2D eigenvalue weighted by molar-refractivity contribution is 6.09. The van der Waals surface area contributed by atoms with Crippen molar-refractivity contribution < 1.29 is 24.2 Å². The van der Waals surface area contributed by atoms with Gasteiger partial charge < -0.3 is 14.6 Å². The van der Waals surface area contributed by atoms with Crippen LogP contribution in [0, 0.1) is 0 Å². The highest BCUT2D eigenvalue weighted by atomic mass is 16.5. The van der Waals surface area contributed by atoms with Gasteiger partial charge in [0, 0.05) is 12.2 Å². The molecule has 0 bridgehead atoms. The number of carbonyl (C=O) groups excluding carboxylic acids is 2. The fraction of sp³-hybridized carbons (Fsp3) is 0.692. The highest BCUT2D eigenvalue weighted by Gasteiger charge is 2.32. The highest BCUT2D eigenvalue weighted by Crippen LogP contribution is 2.22. The fourth-order valence-corrected chi connectivity index (χ4v) is 3.36. The molecule has 0 radical (unpaired) electrons. The quantitative estimate of drug-likeness (QED) is 0.193. The lowest BCUT2D eigenvalue weighted by molar-refractivity contribution is -0.00601. The first-order chi connectivity index (χ1) is 14.6.